The molecule has 28 heavy (non-hydrogen) atoms. The van der Waals surface area contributed by atoms with Gasteiger partial charge in [-0.15, -0.1) is 0 Å². The van der Waals surface area contributed by atoms with Crippen molar-refractivity contribution in [1.29, 1.82) is 0 Å². The van der Waals surface area contributed by atoms with Crippen LogP contribution in [0.2, 0.25) is 0 Å². The van der Waals surface area contributed by atoms with Gasteiger partial charge in [-0.1, -0.05) is 45.4 Å². The van der Waals surface area contributed by atoms with Crippen molar-refractivity contribution in [3.8, 4) is 5.75 Å². The average Bonchev–Trinajstić information content (AvgIpc) is 2.68. The second-order valence-electron chi connectivity index (χ2n) is 7.17. The Hall–Kier alpha value is -2.82. The summed E-state index contributed by atoms with van der Waals surface area (Å²) in [7, 11) is 0. The van der Waals surface area contributed by atoms with Crippen LogP contribution in [-0.2, 0) is 0 Å². The first-order valence-corrected chi connectivity index (χ1v) is 9.92. The molecule has 2 aromatic carbocycles. The third-order valence-corrected chi connectivity index (χ3v) is 4.30. The first-order chi connectivity index (χ1) is 13.5. The highest BCUT2D eigenvalue weighted by Crippen LogP contribution is 2.19. The summed E-state index contributed by atoms with van der Waals surface area (Å²) in [5.41, 5.74) is 1.44. The van der Waals surface area contributed by atoms with Crippen LogP contribution in [0.4, 0.5) is 5.69 Å². The summed E-state index contributed by atoms with van der Waals surface area (Å²) in [6.07, 6.45) is 2.88. The van der Waals surface area contributed by atoms with Gasteiger partial charge < -0.3 is 15.4 Å². The zero-order valence-electron chi connectivity index (χ0n) is 17.0. The van der Waals surface area contributed by atoms with Gasteiger partial charge in [0, 0.05) is 12.1 Å². The van der Waals surface area contributed by atoms with E-state index in [0.717, 1.165) is 19.3 Å². The van der Waals surface area contributed by atoms with Crippen LogP contribution in [0.1, 0.15) is 60.7 Å². The van der Waals surface area contributed by atoms with Gasteiger partial charge in [0.1, 0.15) is 5.75 Å². The third kappa shape index (κ3) is 6.72. The number of amides is 2. The molecule has 0 radical (unpaired) electrons. The normalized spacial score (nSPS) is 10.6. The minimum atomic E-state index is -0.275. The fourth-order valence-corrected chi connectivity index (χ4v) is 2.60. The maximum absolute atomic E-state index is 12.7. The van der Waals surface area contributed by atoms with Gasteiger partial charge in [0.2, 0.25) is 0 Å². The number of hydrogen-bond donors (Lipinski definition) is 2. The van der Waals surface area contributed by atoms with Gasteiger partial charge in [0.25, 0.3) is 11.8 Å². The summed E-state index contributed by atoms with van der Waals surface area (Å²) < 4.78 is 5.73. The maximum atomic E-state index is 12.7. The first-order valence-electron chi connectivity index (χ1n) is 9.92. The molecule has 0 spiro atoms. The van der Waals surface area contributed by atoms with E-state index >= 15 is 0 Å². The molecule has 0 fully saturated rings. The lowest BCUT2D eigenvalue weighted by atomic mass is 10.1. The SMILES string of the molecule is CCCCNC(=O)c1ccccc1NC(=O)c1cccc(OCCC(C)C)c1. The van der Waals surface area contributed by atoms with E-state index in [9.17, 15) is 9.59 Å². The molecule has 0 saturated heterocycles. The van der Waals surface area contributed by atoms with Gasteiger partial charge in [0.05, 0.1) is 17.9 Å². The predicted molar refractivity (Wildman–Crippen MR) is 113 cm³/mol. The largest absolute Gasteiger partial charge is 0.494 e. The third-order valence-electron chi connectivity index (χ3n) is 4.30. The van der Waals surface area contributed by atoms with Gasteiger partial charge in [0.15, 0.2) is 0 Å². The predicted octanol–water partition coefficient (Wildman–Crippen LogP) is 4.89. The van der Waals surface area contributed by atoms with Gasteiger partial charge in [-0.25, -0.2) is 0 Å². The van der Waals surface area contributed by atoms with Crippen molar-refractivity contribution in [2.75, 3.05) is 18.5 Å². The molecule has 0 heterocycles. The fraction of sp³-hybridized carbons (Fsp3) is 0.391. The Kier molecular flexibility index (Phi) is 8.53. The Balaban J connectivity index is 2.06. The van der Waals surface area contributed by atoms with Crippen LogP contribution < -0.4 is 15.4 Å². The van der Waals surface area contributed by atoms with Crippen LogP contribution in [0.3, 0.4) is 0 Å². The number of rotatable bonds is 10. The number of unbranched alkanes of at least 4 members (excludes halogenated alkanes) is 1. The Morgan fingerprint density at radius 2 is 1.82 bits per heavy atom. The summed E-state index contributed by atoms with van der Waals surface area (Å²) in [6.45, 7) is 7.59. The molecule has 0 atom stereocenters. The molecule has 5 heteroatoms. The van der Waals surface area contributed by atoms with E-state index in [1.165, 1.54) is 0 Å². The van der Waals surface area contributed by atoms with Crippen LogP contribution in [0.5, 0.6) is 5.75 Å². The summed E-state index contributed by atoms with van der Waals surface area (Å²) in [4.78, 5) is 25.1. The summed E-state index contributed by atoms with van der Waals surface area (Å²) in [6, 6.07) is 14.1. The van der Waals surface area contributed by atoms with Crippen molar-refractivity contribution in [3.05, 3.63) is 59.7 Å². The van der Waals surface area contributed by atoms with Crippen LogP contribution >= 0.6 is 0 Å². The lowest BCUT2D eigenvalue weighted by molar-refractivity contribution is 0.0954. The molecule has 2 rings (SSSR count). The molecule has 5 nitrogen and oxygen atoms in total. The van der Waals surface area contributed by atoms with Gasteiger partial charge in [-0.05, 0) is 49.1 Å². The smallest absolute Gasteiger partial charge is 0.255 e. The molecule has 2 amide bonds. The Labute approximate surface area is 167 Å². The number of nitrogens with one attached hydrogen (secondary N) is 2. The van der Waals surface area contributed by atoms with Gasteiger partial charge in [-0.2, -0.15) is 0 Å². The summed E-state index contributed by atoms with van der Waals surface area (Å²) >= 11 is 0. The number of carbonyl (C=O) groups is 2. The average molecular weight is 383 g/mol. The molecule has 0 aromatic heterocycles. The number of ether oxygens (including phenoxy) is 1. The van der Waals surface area contributed by atoms with E-state index in [2.05, 4.69) is 31.4 Å². The Morgan fingerprint density at radius 3 is 2.57 bits per heavy atom. The Bertz CT molecular complexity index is 787. The summed E-state index contributed by atoms with van der Waals surface area (Å²) in [5, 5.41) is 5.73. The molecule has 2 aromatic rings. The first kappa shape index (κ1) is 21.5. The van der Waals surface area contributed by atoms with E-state index in [-0.39, 0.29) is 11.8 Å². The van der Waals surface area contributed by atoms with Crippen molar-refractivity contribution in [3.63, 3.8) is 0 Å². The molecule has 0 saturated carbocycles. The molecule has 150 valence electrons. The quantitative estimate of drug-likeness (QED) is 0.575. The number of carbonyl (C=O) groups excluding carboxylic acids is 2. The summed E-state index contributed by atoms with van der Waals surface area (Å²) in [5.74, 6) is 0.767. The minimum absolute atomic E-state index is 0.185. The number of hydrogen-bond acceptors (Lipinski definition) is 3. The zero-order chi connectivity index (χ0) is 20.4. The second-order valence-corrected chi connectivity index (χ2v) is 7.17. The monoisotopic (exact) mass is 382 g/mol. The van der Waals surface area contributed by atoms with E-state index in [4.69, 9.17) is 4.74 Å². The van der Waals surface area contributed by atoms with Crippen LogP contribution in [0, 0.1) is 5.92 Å². The molecule has 0 aliphatic heterocycles. The van der Waals surface area contributed by atoms with E-state index in [1.54, 1.807) is 42.5 Å². The van der Waals surface area contributed by atoms with Gasteiger partial charge >= 0.3 is 0 Å². The van der Waals surface area contributed by atoms with Crippen molar-refractivity contribution in [2.45, 2.75) is 40.0 Å². The number of benzene rings is 2. The van der Waals surface area contributed by atoms with E-state index in [0.29, 0.717) is 41.6 Å². The Morgan fingerprint density at radius 1 is 1.04 bits per heavy atom. The highest BCUT2D eigenvalue weighted by Gasteiger charge is 2.14. The number of para-hydroxylation sites is 1. The maximum Gasteiger partial charge on any atom is 0.255 e. The second kappa shape index (κ2) is 11.1. The molecular weight excluding hydrogens is 352 g/mol. The molecule has 0 unspecified atom stereocenters. The van der Waals surface area contributed by atoms with Crippen LogP contribution in [-0.4, -0.2) is 25.0 Å². The molecular formula is C23H30N2O3. The number of anilines is 1. The standard InChI is InChI=1S/C23H30N2O3/c1-4-5-14-24-23(27)20-11-6-7-12-21(20)25-22(26)18-9-8-10-19(16-18)28-15-13-17(2)3/h6-12,16-17H,4-5,13-15H2,1-3H3,(H,24,27)(H,25,26). The zero-order valence-corrected chi connectivity index (χ0v) is 17.0. The van der Waals surface area contributed by atoms with Crippen molar-refractivity contribution < 1.29 is 14.3 Å². The van der Waals surface area contributed by atoms with Crippen molar-refractivity contribution in [1.82, 2.24) is 5.32 Å². The molecule has 0 aliphatic carbocycles. The lowest BCUT2D eigenvalue weighted by Gasteiger charge is -2.12. The van der Waals surface area contributed by atoms with Crippen molar-refractivity contribution in [2.24, 2.45) is 5.92 Å². The molecule has 0 aliphatic rings. The van der Waals surface area contributed by atoms with E-state index < -0.39 is 0 Å². The molecule has 0 bridgehead atoms. The van der Waals surface area contributed by atoms with Crippen molar-refractivity contribution >= 4 is 17.5 Å². The lowest BCUT2D eigenvalue weighted by Crippen LogP contribution is -2.26. The highest BCUT2D eigenvalue weighted by atomic mass is 16.5. The topological polar surface area (TPSA) is 67.4 Å². The highest BCUT2D eigenvalue weighted by molar-refractivity contribution is 6.09. The minimum Gasteiger partial charge on any atom is -0.494 e. The fourth-order valence-electron chi connectivity index (χ4n) is 2.60. The molecule has 2 N–H and O–H groups in total. The van der Waals surface area contributed by atoms with E-state index in [1.807, 2.05) is 6.07 Å². The van der Waals surface area contributed by atoms with Crippen LogP contribution in [0.15, 0.2) is 48.5 Å². The van der Waals surface area contributed by atoms with Gasteiger partial charge in [-0.3, -0.25) is 9.59 Å². The van der Waals surface area contributed by atoms with Crippen LogP contribution in [0.25, 0.3) is 0 Å².